The summed E-state index contributed by atoms with van der Waals surface area (Å²) >= 11 is 5.78. The summed E-state index contributed by atoms with van der Waals surface area (Å²) in [6.45, 7) is 0. The predicted molar refractivity (Wildman–Crippen MR) is 55.6 cm³/mol. The third kappa shape index (κ3) is 1.64. The number of nitrogens with two attached hydrogens (primary N) is 2. The van der Waals surface area contributed by atoms with Gasteiger partial charge in [-0.3, -0.25) is 4.84 Å². The van der Waals surface area contributed by atoms with Crippen molar-refractivity contribution in [3.63, 3.8) is 0 Å². The van der Waals surface area contributed by atoms with Crippen LogP contribution >= 0.6 is 11.6 Å². The second-order valence-corrected chi connectivity index (χ2v) is 4.15. The van der Waals surface area contributed by atoms with E-state index in [-0.39, 0.29) is 11.6 Å². The lowest BCUT2D eigenvalue weighted by atomic mass is 10.0. The summed E-state index contributed by atoms with van der Waals surface area (Å²) < 4.78 is 0. The molecule has 1 saturated carbocycles. The SMILES string of the molecule is NOC1(C(N)c2ccc(Cl)cc2)CC1. The molecule has 4 heteroatoms. The molecule has 2 rings (SSSR count). The first-order valence-electron chi connectivity index (χ1n) is 4.57. The Morgan fingerprint density at radius 1 is 1.29 bits per heavy atom. The van der Waals surface area contributed by atoms with E-state index < -0.39 is 0 Å². The average molecular weight is 213 g/mol. The topological polar surface area (TPSA) is 61.3 Å². The molecule has 14 heavy (non-hydrogen) atoms. The van der Waals surface area contributed by atoms with E-state index in [1.54, 1.807) is 0 Å². The van der Waals surface area contributed by atoms with E-state index in [4.69, 9.17) is 28.1 Å². The highest BCUT2D eigenvalue weighted by Crippen LogP contribution is 2.47. The predicted octanol–water partition coefficient (Wildman–Crippen LogP) is 1.76. The Morgan fingerprint density at radius 3 is 2.29 bits per heavy atom. The van der Waals surface area contributed by atoms with Crippen molar-refractivity contribution in [2.75, 3.05) is 0 Å². The number of benzene rings is 1. The second-order valence-electron chi connectivity index (χ2n) is 3.71. The fourth-order valence-corrected chi connectivity index (χ4v) is 1.73. The number of rotatable bonds is 3. The quantitative estimate of drug-likeness (QED) is 0.751. The Labute approximate surface area is 87.9 Å². The minimum Gasteiger partial charge on any atom is -0.322 e. The molecular weight excluding hydrogens is 200 g/mol. The van der Waals surface area contributed by atoms with Gasteiger partial charge in [-0.05, 0) is 30.5 Å². The van der Waals surface area contributed by atoms with Crippen LogP contribution in [0.1, 0.15) is 24.4 Å². The van der Waals surface area contributed by atoms with Crippen LogP contribution in [0.4, 0.5) is 0 Å². The molecule has 0 aromatic heterocycles. The molecular formula is C10H13ClN2O. The first kappa shape index (κ1) is 9.93. The molecule has 0 radical (unpaired) electrons. The third-order valence-corrected chi connectivity index (χ3v) is 3.03. The van der Waals surface area contributed by atoms with Gasteiger partial charge in [-0.2, -0.15) is 0 Å². The second kappa shape index (κ2) is 3.51. The Balaban J connectivity index is 2.19. The lowest BCUT2D eigenvalue weighted by molar-refractivity contribution is 0.0127. The molecule has 0 saturated heterocycles. The Morgan fingerprint density at radius 2 is 1.86 bits per heavy atom. The largest absolute Gasteiger partial charge is 0.322 e. The maximum absolute atomic E-state index is 6.05. The maximum atomic E-state index is 6.05. The van der Waals surface area contributed by atoms with E-state index in [0.29, 0.717) is 5.02 Å². The minimum atomic E-state index is -0.339. The highest BCUT2D eigenvalue weighted by molar-refractivity contribution is 6.30. The van der Waals surface area contributed by atoms with E-state index in [9.17, 15) is 0 Å². The summed E-state index contributed by atoms with van der Waals surface area (Å²) in [5.41, 5.74) is 6.72. The van der Waals surface area contributed by atoms with Gasteiger partial charge in [0.2, 0.25) is 0 Å². The fraction of sp³-hybridized carbons (Fsp3) is 0.400. The summed E-state index contributed by atoms with van der Waals surface area (Å²) in [7, 11) is 0. The summed E-state index contributed by atoms with van der Waals surface area (Å²) in [5.74, 6) is 5.23. The van der Waals surface area contributed by atoms with Gasteiger partial charge in [0.1, 0.15) is 5.60 Å². The van der Waals surface area contributed by atoms with Gasteiger partial charge in [0.15, 0.2) is 0 Å². The zero-order valence-corrected chi connectivity index (χ0v) is 8.50. The molecule has 0 spiro atoms. The highest BCUT2D eigenvalue weighted by atomic mass is 35.5. The third-order valence-electron chi connectivity index (χ3n) is 2.77. The van der Waals surface area contributed by atoms with Crippen molar-refractivity contribution >= 4 is 11.6 Å². The van der Waals surface area contributed by atoms with Gasteiger partial charge in [-0.15, -0.1) is 0 Å². The van der Waals surface area contributed by atoms with Gasteiger partial charge in [0.05, 0.1) is 6.04 Å². The molecule has 1 fully saturated rings. The number of hydrogen-bond acceptors (Lipinski definition) is 3. The van der Waals surface area contributed by atoms with E-state index >= 15 is 0 Å². The van der Waals surface area contributed by atoms with E-state index in [1.807, 2.05) is 24.3 Å². The molecule has 1 aliphatic rings. The van der Waals surface area contributed by atoms with E-state index in [1.165, 1.54) is 0 Å². The zero-order chi connectivity index (χ0) is 10.2. The number of halogens is 1. The summed E-state index contributed by atoms with van der Waals surface area (Å²) in [5, 5.41) is 0.708. The molecule has 0 aliphatic heterocycles. The van der Waals surface area contributed by atoms with Gasteiger partial charge in [-0.1, -0.05) is 23.7 Å². The van der Waals surface area contributed by atoms with Crippen LogP contribution in [0.15, 0.2) is 24.3 Å². The first-order chi connectivity index (χ1) is 6.68. The van der Waals surface area contributed by atoms with Gasteiger partial charge >= 0.3 is 0 Å². The van der Waals surface area contributed by atoms with E-state index in [2.05, 4.69) is 0 Å². The molecule has 0 bridgehead atoms. The lowest BCUT2D eigenvalue weighted by Crippen LogP contribution is -2.33. The van der Waals surface area contributed by atoms with Crippen LogP contribution in [-0.2, 0) is 4.84 Å². The molecule has 4 N–H and O–H groups in total. The standard InChI is InChI=1S/C10H13ClN2O/c11-8-3-1-7(2-4-8)9(12)10(14-13)5-6-10/h1-4,9H,5-6,12-13H2. The van der Waals surface area contributed by atoms with Crippen molar-refractivity contribution in [3.05, 3.63) is 34.9 Å². The molecule has 3 nitrogen and oxygen atoms in total. The summed E-state index contributed by atoms with van der Waals surface area (Å²) in [6.07, 6.45) is 1.85. The molecule has 0 amide bonds. The minimum absolute atomic E-state index is 0.162. The molecule has 1 aliphatic carbocycles. The smallest absolute Gasteiger partial charge is 0.109 e. The van der Waals surface area contributed by atoms with Gasteiger partial charge in [0, 0.05) is 5.02 Å². The fourth-order valence-electron chi connectivity index (χ4n) is 1.60. The molecule has 0 heterocycles. The Hall–Kier alpha value is -0.610. The van der Waals surface area contributed by atoms with Gasteiger partial charge in [-0.25, -0.2) is 5.90 Å². The van der Waals surface area contributed by atoms with Crippen LogP contribution in [0.3, 0.4) is 0 Å². The van der Waals surface area contributed by atoms with Crippen molar-refractivity contribution in [1.29, 1.82) is 0 Å². The van der Waals surface area contributed by atoms with Crippen molar-refractivity contribution < 1.29 is 4.84 Å². The summed E-state index contributed by atoms with van der Waals surface area (Å²) in [6, 6.07) is 7.30. The van der Waals surface area contributed by atoms with Crippen LogP contribution in [0, 0.1) is 0 Å². The monoisotopic (exact) mass is 212 g/mol. The summed E-state index contributed by atoms with van der Waals surface area (Å²) in [4.78, 5) is 4.94. The van der Waals surface area contributed by atoms with Crippen LogP contribution in [0.2, 0.25) is 5.02 Å². The van der Waals surface area contributed by atoms with Gasteiger partial charge < -0.3 is 5.73 Å². The average Bonchev–Trinajstić information content (AvgIpc) is 2.99. The van der Waals surface area contributed by atoms with Crippen LogP contribution in [0.25, 0.3) is 0 Å². The van der Waals surface area contributed by atoms with Crippen molar-refractivity contribution in [1.82, 2.24) is 0 Å². The normalized spacial score (nSPS) is 20.5. The maximum Gasteiger partial charge on any atom is 0.109 e. The van der Waals surface area contributed by atoms with Crippen LogP contribution in [-0.4, -0.2) is 5.60 Å². The van der Waals surface area contributed by atoms with Gasteiger partial charge in [0.25, 0.3) is 0 Å². The Kier molecular flexibility index (Phi) is 2.49. The molecule has 1 atom stereocenters. The highest BCUT2D eigenvalue weighted by Gasteiger charge is 2.50. The van der Waals surface area contributed by atoms with Crippen LogP contribution in [0.5, 0.6) is 0 Å². The Bertz CT molecular complexity index is 321. The number of hydrogen-bond donors (Lipinski definition) is 2. The molecule has 1 aromatic rings. The molecule has 76 valence electrons. The lowest BCUT2D eigenvalue weighted by Gasteiger charge is -2.21. The molecule has 1 aromatic carbocycles. The van der Waals surface area contributed by atoms with E-state index in [0.717, 1.165) is 18.4 Å². The first-order valence-corrected chi connectivity index (χ1v) is 4.95. The molecule has 1 unspecified atom stereocenters. The zero-order valence-electron chi connectivity index (χ0n) is 7.74. The van der Waals surface area contributed by atoms with Crippen molar-refractivity contribution in [3.8, 4) is 0 Å². The van der Waals surface area contributed by atoms with Crippen molar-refractivity contribution in [2.45, 2.75) is 24.5 Å². The van der Waals surface area contributed by atoms with Crippen LogP contribution < -0.4 is 11.6 Å². The van der Waals surface area contributed by atoms with Crippen molar-refractivity contribution in [2.24, 2.45) is 11.6 Å².